The maximum atomic E-state index is 11.2. The Morgan fingerprint density at radius 1 is 1.53 bits per heavy atom. The molecule has 2 N–H and O–H groups in total. The Hall–Kier alpha value is -2.11. The number of esters is 1. The lowest BCUT2D eigenvalue weighted by molar-refractivity contribution is -0.138. The molecule has 6 heteroatoms. The van der Waals surface area contributed by atoms with Gasteiger partial charge in [-0.3, -0.25) is 9.59 Å². The number of hydrogen-bond donors (Lipinski definition) is 1. The largest absolute Gasteiger partial charge is 0.468 e. The van der Waals surface area contributed by atoms with Gasteiger partial charge >= 0.3 is 5.97 Å². The summed E-state index contributed by atoms with van der Waals surface area (Å²) in [4.78, 5) is 28.2. The van der Waals surface area contributed by atoms with E-state index in [9.17, 15) is 9.59 Å². The minimum Gasteiger partial charge on any atom is -0.468 e. The molecule has 1 aromatic heterocycles. The standard InChI is InChI=1S/C11H15N3O3/c1-3-14(7-9(15)17-2)11-8(10(12)16)5-4-6-13-11/h4-6H,3,7H2,1-2H3,(H2,12,16). The van der Waals surface area contributed by atoms with Crippen LogP contribution in [0.3, 0.4) is 0 Å². The predicted octanol–water partition coefficient (Wildman–Crippen LogP) is 0.180. The first-order valence-electron chi connectivity index (χ1n) is 5.16. The third kappa shape index (κ3) is 3.17. The van der Waals surface area contributed by atoms with Gasteiger partial charge in [-0.25, -0.2) is 4.98 Å². The lowest BCUT2D eigenvalue weighted by Crippen LogP contribution is -2.33. The normalized spacial score (nSPS) is 9.76. The van der Waals surface area contributed by atoms with Crippen LogP contribution in [-0.4, -0.2) is 37.1 Å². The lowest BCUT2D eigenvalue weighted by atomic mass is 10.2. The number of aromatic nitrogens is 1. The van der Waals surface area contributed by atoms with E-state index in [1.807, 2.05) is 6.92 Å². The number of primary amides is 1. The molecule has 0 aromatic carbocycles. The zero-order valence-electron chi connectivity index (χ0n) is 9.84. The Morgan fingerprint density at radius 2 is 2.24 bits per heavy atom. The first-order valence-corrected chi connectivity index (χ1v) is 5.16. The number of nitrogens with two attached hydrogens (primary N) is 1. The van der Waals surface area contributed by atoms with Crippen LogP contribution in [0.25, 0.3) is 0 Å². The maximum absolute atomic E-state index is 11.2. The summed E-state index contributed by atoms with van der Waals surface area (Å²) >= 11 is 0. The lowest BCUT2D eigenvalue weighted by Gasteiger charge is -2.21. The van der Waals surface area contributed by atoms with Crippen LogP contribution in [0.5, 0.6) is 0 Å². The van der Waals surface area contributed by atoms with Crippen molar-refractivity contribution in [1.82, 2.24) is 4.98 Å². The summed E-state index contributed by atoms with van der Waals surface area (Å²) in [5.41, 5.74) is 5.54. The van der Waals surface area contributed by atoms with Gasteiger partial charge < -0.3 is 15.4 Å². The molecule has 0 aliphatic carbocycles. The van der Waals surface area contributed by atoms with Crippen LogP contribution in [0.2, 0.25) is 0 Å². The van der Waals surface area contributed by atoms with Crippen molar-refractivity contribution in [2.75, 3.05) is 25.1 Å². The van der Waals surface area contributed by atoms with E-state index in [0.717, 1.165) is 0 Å². The van der Waals surface area contributed by atoms with Gasteiger partial charge in [0, 0.05) is 12.7 Å². The fourth-order valence-electron chi connectivity index (χ4n) is 1.40. The molecule has 0 unspecified atom stereocenters. The fraction of sp³-hybridized carbons (Fsp3) is 0.364. The van der Waals surface area contributed by atoms with Crippen molar-refractivity contribution >= 4 is 17.7 Å². The molecule has 0 aliphatic rings. The van der Waals surface area contributed by atoms with Crippen LogP contribution in [0.4, 0.5) is 5.82 Å². The average molecular weight is 237 g/mol. The van der Waals surface area contributed by atoms with Gasteiger partial charge in [0.25, 0.3) is 5.91 Å². The first-order chi connectivity index (χ1) is 8.10. The number of pyridine rings is 1. The predicted molar refractivity (Wildman–Crippen MR) is 62.7 cm³/mol. The molecule has 92 valence electrons. The Morgan fingerprint density at radius 3 is 2.76 bits per heavy atom. The third-order valence-electron chi connectivity index (χ3n) is 2.28. The number of amides is 1. The van der Waals surface area contributed by atoms with Crippen LogP contribution >= 0.6 is 0 Å². The van der Waals surface area contributed by atoms with Crippen LogP contribution in [0, 0.1) is 0 Å². The highest BCUT2D eigenvalue weighted by Crippen LogP contribution is 2.16. The summed E-state index contributed by atoms with van der Waals surface area (Å²) < 4.78 is 4.58. The molecule has 0 spiro atoms. The number of likely N-dealkylation sites (N-methyl/N-ethyl adjacent to an activating group) is 1. The van der Waals surface area contributed by atoms with Crippen LogP contribution in [-0.2, 0) is 9.53 Å². The number of carbonyl (C=O) groups excluding carboxylic acids is 2. The zero-order valence-corrected chi connectivity index (χ0v) is 9.84. The summed E-state index contributed by atoms with van der Waals surface area (Å²) in [6.07, 6.45) is 1.54. The molecule has 17 heavy (non-hydrogen) atoms. The minimum absolute atomic E-state index is 0.0320. The highest BCUT2D eigenvalue weighted by molar-refractivity contribution is 5.98. The molecule has 0 saturated carbocycles. The summed E-state index contributed by atoms with van der Waals surface area (Å²) in [5.74, 6) is -0.572. The van der Waals surface area contributed by atoms with E-state index in [-0.39, 0.29) is 6.54 Å². The van der Waals surface area contributed by atoms with Gasteiger partial charge in [0.15, 0.2) is 0 Å². The van der Waals surface area contributed by atoms with Crippen molar-refractivity contribution in [3.8, 4) is 0 Å². The van der Waals surface area contributed by atoms with Crippen LogP contribution in [0.1, 0.15) is 17.3 Å². The number of rotatable bonds is 5. The summed E-state index contributed by atoms with van der Waals surface area (Å²) in [5, 5.41) is 0. The molecule has 1 amide bonds. The van der Waals surface area contributed by atoms with Gasteiger partial charge in [-0.05, 0) is 19.1 Å². The number of nitrogens with zero attached hydrogens (tertiary/aromatic N) is 2. The van der Waals surface area contributed by atoms with Crippen molar-refractivity contribution in [1.29, 1.82) is 0 Å². The number of ether oxygens (including phenoxy) is 1. The Kier molecular flexibility index (Phi) is 4.45. The average Bonchev–Trinajstić information content (AvgIpc) is 2.35. The summed E-state index contributed by atoms with van der Waals surface area (Å²) in [6.45, 7) is 2.40. The highest BCUT2D eigenvalue weighted by Gasteiger charge is 2.17. The third-order valence-corrected chi connectivity index (χ3v) is 2.28. The molecule has 6 nitrogen and oxygen atoms in total. The SMILES string of the molecule is CCN(CC(=O)OC)c1ncccc1C(N)=O. The van der Waals surface area contributed by atoms with Gasteiger partial charge in [-0.2, -0.15) is 0 Å². The van der Waals surface area contributed by atoms with Gasteiger partial charge in [-0.15, -0.1) is 0 Å². The van der Waals surface area contributed by atoms with Crippen LogP contribution in [0.15, 0.2) is 18.3 Å². The second kappa shape index (κ2) is 5.83. The molecule has 1 heterocycles. The molecule has 0 radical (unpaired) electrons. The smallest absolute Gasteiger partial charge is 0.325 e. The van der Waals surface area contributed by atoms with Gasteiger partial charge in [-0.1, -0.05) is 0 Å². The van der Waals surface area contributed by atoms with Gasteiger partial charge in [0.1, 0.15) is 12.4 Å². The molecule has 0 aliphatic heterocycles. The summed E-state index contributed by atoms with van der Waals surface area (Å²) in [7, 11) is 1.31. The van der Waals surface area contributed by atoms with E-state index in [0.29, 0.717) is 17.9 Å². The van der Waals surface area contributed by atoms with E-state index in [1.54, 1.807) is 23.2 Å². The van der Waals surface area contributed by atoms with Gasteiger partial charge in [0.2, 0.25) is 0 Å². The maximum Gasteiger partial charge on any atom is 0.325 e. The number of carbonyl (C=O) groups is 2. The Balaban J connectivity index is 3.03. The molecule has 0 atom stereocenters. The molecule has 1 rings (SSSR count). The van der Waals surface area contributed by atoms with Gasteiger partial charge in [0.05, 0.1) is 12.7 Å². The van der Waals surface area contributed by atoms with Crippen molar-refractivity contribution < 1.29 is 14.3 Å². The van der Waals surface area contributed by atoms with E-state index in [4.69, 9.17) is 5.73 Å². The number of anilines is 1. The molecule has 0 bridgehead atoms. The quantitative estimate of drug-likeness (QED) is 0.738. The van der Waals surface area contributed by atoms with E-state index in [1.165, 1.54) is 7.11 Å². The second-order valence-electron chi connectivity index (χ2n) is 3.33. The first kappa shape index (κ1) is 13.0. The molecule has 1 aromatic rings. The molecular formula is C11H15N3O3. The second-order valence-corrected chi connectivity index (χ2v) is 3.33. The minimum atomic E-state index is -0.573. The molecule has 0 saturated heterocycles. The van der Waals surface area contributed by atoms with Crippen molar-refractivity contribution in [2.24, 2.45) is 5.73 Å². The van der Waals surface area contributed by atoms with Crippen molar-refractivity contribution in [2.45, 2.75) is 6.92 Å². The monoisotopic (exact) mass is 237 g/mol. The fourth-order valence-corrected chi connectivity index (χ4v) is 1.40. The Bertz CT molecular complexity index is 420. The van der Waals surface area contributed by atoms with Crippen LogP contribution < -0.4 is 10.6 Å². The van der Waals surface area contributed by atoms with Crippen molar-refractivity contribution in [3.63, 3.8) is 0 Å². The highest BCUT2D eigenvalue weighted by atomic mass is 16.5. The van der Waals surface area contributed by atoms with E-state index in [2.05, 4.69) is 9.72 Å². The topological polar surface area (TPSA) is 85.5 Å². The number of hydrogen-bond acceptors (Lipinski definition) is 5. The van der Waals surface area contributed by atoms with E-state index >= 15 is 0 Å². The number of methoxy groups -OCH3 is 1. The molecule has 0 fully saturated rings. The summed E-state index contributed by atoms with van der Waals surface area (Å²) in [6, 6.07) is 3.19. The zero-order chi connectivity index (χ0) is 12.8. The van der Waals surface area contributed by atoms with Crippen molar-refractivity contribution in [3.05, 3.63) is 23.9 Å². The molecular weight excluding hydrogens is 222 g/mol. The van der Waals surface area contributed by atoms with E-state index < -0.39 is 11.9 Å². The Labute approximate surface area is 99.4 Å².